The predicted octanol–water partition coefficient (Wildman–Crippen LogP) is 2.40. The van der Waals surface area contributed by atoms with Crippen LogP contribution in [0.2, 0.25) is 0 Å². The van der Waals surface area contributed by atoms with E-state index in [1.165, 1.54) is 4.90 Å². The Balaban J connectivity index is 1.96. The van der Waals surface area contributed by atoms with Crippen molar-refractivity contribution >= 4 is 18.0 Å². The van der Waals surface area contributed by atoms with E-state index in [0.29, 0.717) is 25.8 Å². The fraction of sp³-hybridized carbons (Fsp3) is 0.526. The van der Waals surface area contributed by atoms with Crippen LogP contribution in [-0.4, -0.2) is 46.6 Å². The summed E-state index contributed by atoms with van der Waals surface area (Å²) in [5.74, 6) is -1.70. The van der Waals surface area contributed by atoms with Crippen LogP contribution in [-0.2, 0) is 20.9 Å². The first-order chi connectivity index (χ1) is 12.4. The fourth-order valence-electron chi connectivity index (χ4n) is 2.99. The van der Waals surface area contributed by atoms with Crippen LogP contribution in [0.4, 0.5) is 4.79 Å². The van der Waals surface area contributed by atoms with Gasteiger partial charge in [-0.1, -0.05) is 50.6 Å². The van der Waals surface area contributed by atoms with E-state index in [-0.39, 0.29) is 12.5 Å². The molecule has 7 nitrogen and oxygen atoms in total. The third-order valence-corrected chi connectivity index (χ3v) is 4.77. The van der Waals surface area contributed by atoms with Gasteiger partial charge in [-0.15, -0.1) is 0 Å². The molecule has 0 aliphatic carbocycles. The van der Waals surface area contributed by atoms with Gasteiger partial charge in [0.15, 0.2) is 0 Å². The van der Waals surface area contributed by atoms with Crippen LogP contribution < -0.4 is 5.32 Å². The third-order valence-electron chi connectivity index (χ3n) is 4.77. The maximum atomic E-state index is 12.5. The summed E-state index contributed by atoms with van der Waals surface area (Å²) < 4.78 is 5.30. The lowest BCUT2D eigenvalue weighted by molar-refractivity contribution is -0.144. The molecule has 1 aromatic rings. The second-order valence-electron chi connectivity index (χ2n) is 6.60. The molecule has 1 saturated heterocycles. The molecular formula is C19H26N2O5. The number of hydrogen-bond acceptors (Lipinski definition) is 4. The summed E-state index contributed by atoms with van der Waals surface area (Å²) in [5, 5.41) is 11.9. The highest BCUT2D eigenvalue weighted by Gasteiger charge is 2.37. The monoisotopic (exact) mass is 362 g/mol. The van der Waals surface area contributed by atoms with E-state index in [0.717, 1.165) is 5.56 Å². The Morgan fingerprint density at radius 2 is 2.00 bits per heavy atom. The molecule has 2 rings (SSSR count). The average Bonchev–Trinajstić information content (AvgIpc) is 3.14. The molecule has 0 radical (unpaired) electrons. The molecule has 1 heterocycles. The highest BCUT2D eigenvalue weighted by molar-refractivity contribution is 5.89. The zero-order chi connectivity index (χ0) is 19.1. The number of carbonyl (C=O) groups is 3. The number of likely N-dealkylation sites (tertiary alicyclic amines) is 1. The summed E-state index contributed by atoms with van der Waals surface area (Å²) in [4.78, 5) is 37.7. The standard InChI is InChI=1S/C19H26N2O5/c1-3-13(2)16(18(23)24)20-17(22)15-10-7-11-21(15)19(25)26-12-14-8-5-4-6-9-14/h4-6,8-9,13,15-16H,3,7,10-12H2,1-2H3,(H,20,22)(H,23,24). The molecule has 26 heavy (non-hydrogen) atoms. The summed E-state index contributed by atoms with van der Waals surface area (Å²) in [6.45, 7) is 4.21. The zero-order valence-corrected chi connectivity index (χ0v) is 15.2. The lowest BCUT2D eigenvalue weighted by Crippen LogP contribution is -2.52. The van der Waals surface area contributed by atoms with E-state index in [4.69, 9.17) is 4.74 Å². The predicted molar refractivity (Wildman–Crippen MR) is 95.4 cm³/mol. The van der Waals surface area contributed by atoms with Gasteiger partial charge in [0.25, 0.3) is 0 Å². The molecule has 1 aliphatic rings. The summed E-state index contributed by atoms with van der Waals surface area (Å²) >= 11 is 0. The molecular weight excluding hydrogens is 336 g/mol. The van der Waals surface area contributed by atoms with Crippen LogP contribution >= 0.6 is 0 Å². The van der Waals surface area contributed by atoms with Gasteiger partial charge in [0.2, 0.25) is 5.91 Å². The normalized spacial score (nSPS) is 18.8. The number of amides is 2. The number of hydrogen-bond donors (Lipinski definition) is 2. The van der Waals surface area contributed by atoms with Crippen LogP contribution in [0.25, 0.3) is 0 Å². The number of benzene rings is 1. The van der Waals surface area contributed by atoms with E-state index >= 15 is 0 Å². The second kappa shape index (κ2) is 9.22. The van der Waals surface area contributed by atoms with Crippen molar-refractivity contribution in [1.29, 1.82) is 0 Å². The maximum Gasteiger partial charge on any atom is 0.410 e. The van der Waals surface area contributed by atoms with Gasteiger partial charge < -0.3 is 15.2 Å². The minimum atomic E-state index is -1.07. The molecule has 1 aliphatic heterocycles. The molecule has 3 unspecified atom stereocenters. The Bertz CT molecular complexity index is 634. The summed E-state index contributed by atoms with van der Waals surface area (Å²) in [5.41, 5.74) is 0.865. The fourth-order valence-corrected chi connectivity index (χ4v) is 2.99. The number of carboxylic acids is 1. The number of rotatable bonds is 7. The van der Waals surface area contributed by atoms with Gasteiger partial charge in [0.05, 0.1) is 0 Å². The first kappa shape index (κ1) is 19.8. The first-order valence-corrected chi connectivity index (χ1v) is 8.94. The van der Waals surface area contributed by atoms with Gasteiger partial charge >= 0.3 is 12.1 Å². The van der Waals surface area contributed by atoms with Crippen LogP contribution in [0.5, 0.6) is 0 Å². The zero-order valence-electron chi connectivity index (χ0n) is 15.2. The molecule has 0 spiro atoms. The number of nitrogens with zero attached hydrogens (tertiary/aromatic N) is 1. The van der Waals surface area contributed by atoms with Crippen molar-refractivity contribution in [2.45, 2.75) is 51.8 Å². The maximum absolute atomic E-state index is 12.5. The highest BCUT2D eigenvalue weighted by Crippen LogP contribution is 2.20. The van der Waals surface area contributed by atoms with Crippen molar-refractivity contribution in [2.75, 3.05) is 6.54 Å². The highest BCUT2D eigenvalue weighted by atomic mass is 16.6. The Hall–Kier alpha value is -2.57. The Morgan fingerprint density at radius 1 is 1.31 bits per heavy atom. The lowest BCUT2D eigenvalue weighted by atomic mass is 9.99. The van der Waals surface area contributed by atoms with Crippen molar-refractivity contribution in [3.05, 3.63) is 35.9 Å². The van der Waals surface area contributed by atoms with Gasteiger partial charge in [-0.05, 0) is 24.3 Å². The SMILES string of the molecule is CCC(C)C(NC(=O)C1CCCN1C(=O)OCc1ccccc1)C(=O)O. The molecule has 7 heteroatoms. The van der Waals surface area contributed by atoms with Crippen LogP contribution in [0.1, 0.15) is 38.7 Å². The van der Waals surface area contributed by atoms with Crippen LogP contribution in [0.15, 0.2) is 30.3 Å². The van der Waals surface area contributed by atoms with E-state index < -0.39 is 30.1 Å². The van der Waals surface area contributed by atoms with Crippen molar-refractivity contribution in [1.82, 2.24) is 10.2 Å². The minimum absolute atomic E-state index is 0.134. The number of ether oxygens (including phenoxy) is 1. The molecule has 0 saturated carbocycles. The largest absolute Gasteiger partial charge is 0.480 e. The Morgan fingerprint density at radius 3 is 2.62 bits per heavy atom. The summed E-state index contributed by atoms with van der Waals surface area (Å²) in [6.07, 6.45) is 1.26. The summed E-state index contributed by atoms with van der Waals surface area (Å²) in [7, 11) is 0. The lowest BCUT2D eigenvalue weighted by Gasteiger charge is -2.26. The van der Waals surface area contributed by atoms with E-state index in [2.05, 4.69) is 5.32 Å². The van der Waals surface area contributed by atoms with E-state index in [9.17, 15) is 19.5 Å². The molecule has 1 fully saturated rings. The van der Waals surface area contributed by atoms with Gasteiger partial charge in [0, 0.05) is 6.54 Å². The molecule has 2 amide bonds. The van der Waals surface area contributed by atoms with Gasteiger partial charge in [-0.25, -0.2) is 9.59 Å². The molecule has 3 atom stereocenters. The molecule has 1 aromatic carbocycles. The van der Waals surface area contributed by atoms with Gasteiger partial charge in [-0.2, -0.15) is 0 Å². The van der Waals surface area contributed by atoms with Crippen molar-refractivity contribution in [3.63, 3.8) is 0 Å². The second-order valence-corrected chi connectivity index (χ2v) is 6.60. The van der Waals surface area contributed by atoms with E-state index in [1.54, 1.807) is 6.92 Å². The topological polar surface area (TPSA) is 95.9 Å². The van der Waals surface area contributed by atoms with Crippen LogP contribution in [0.3, 0.4) is 0 Å². The number of carboxylic acid groups (broad SMARTS) is 1. The minimum Gasteiger partial charge on any atom is -0.480 e. The number of carbonyl (C=O) groups excluding carboxylic acids is 2. The molecule has 2 N–H and O–H groups in total. The first-order valence-electron chi connectivity index (χ1n) is 8.94. The van der Waals surface area contributed by atoms with Gasteiger partial charge in [0.1, 0.15) is 18.7 Å². The number of nitrogens with one attached hydrogen (secondary N) is 1. The molecule has 142 valence electrons. The molecule has 0 bridgehead atoms. The van der Waals surface area contributed by atoms with Gasteiger partial charge in [-0.3, -0.25) is 9.69 Å². The smallest absolute Gasteiger partial charge is 0.410 e. The van der Waals surface area contributed by atoms with Crippen molar-refractivity contribution in [3.8, 4) is 0 Å². The van der Waals surface area contributed by atoms with Crippen molar-refractivity contribution < 1.29 is 24.2 Å². The third kappa shape index (κ3) is 4.97. The summed E-state index contributed by atoms with van der Waals surface area (Å²) in [6, 6.07) is 7.64. The van der Waals surface area contributed by atoms with E-state index in [1.807, 2.05) is 37.3 Å². The Labute approximate surface area is 153 Å². The van der Waals surface area contributed by atoms with Crippen LogP contribution in [0, 0.1) is 5.92 Å². The quantitative estimate of drug-likeness (QED) is 0.776. The van der Waals surface area contributed by atoms with Crippen molar-refractivity contribution in [2.24, 2.45) is 5.92 Å². The number of aliphatic carboxylic acids is 1. The average molecular weight is 362 g/mol. The molecule has 0 aromatic heterocycles. The Kier molecular flexibility index (Phi) is 7.00.